The van der Waals surface area contributed by atoms with E-state index in [9.17, 15) is 0 Å². The van der Waals surface area contributed by atoms with E-state index in [0.717, 1.165) is 6.42 Å². The molecule has 0 amide bonds. The van der Waals surface area contributed by atoms with Crippen LogP contribution in [0.2, 0.25) is 0 Å². The van der Waals surface area contributed by atoms with Gasteiger partial charge in [-0.05, 0) is 34.5 Å². The minimum atomic E-state index is -0.116. The second kappa shape index (κ2) is 23.2. The Morgan fingerprint density at radius 3 is 1.50 bits per heavy atom. The van der Waals surface area contributed by atoms with E-state index in [0.29, 0.717) is 0 Å². The molecule has 0 aromatic heterocycles. The Hall–Kier alpha value is -0.120. The molecule has 0 aromatic rings. The maximum absolute atomic E-state index is 8.36. The van der Waals surface area contributed by atoms with Gasteiger partial charge in [0.2, 0.25) is 0 Å². The average molecular weight is 150 g/mol. The van der Waals surface area contributed by atoms with Gasteiger partial charge in [0.1, 0.15) is 0 Å². The topological polar surface area (TPSA) is 58.3 Å². The predicted molar refractivity (Wildman–Crippen MR) is 47.1 cm³/mol. The summed E-state index contributed by atoms with van der Waals surface area (Å²) < 4.78 is 0. The van der Waals surface area contributed by atoms with Crippen LogP contribution in [0.5, 0.6) is 0 Å². The van der Waals surface area contributed by atoms with Crippen molar-refractivity contribution in [1.82, 2.24) is 5.32 Å². The van der Waals surface area contributed by atoms with Crippen LogP contribution in [-0.4, -0.2) is 32.4 Å². The zero-order valence-electron chi connectivity index (χ0n) is 7.81. The molecule has 0 aliphatic rings. The van der Waals surface area contributed by atoms with Crippen LogP contribution in [0.1, 0.15) is 20.3 Å². The average Bonchev–Trinajstić information content (AvgIpc) is 1.94. The normalized spacial score (nSPS) is 9.90. The first-order chi connectivity index (χ1) is 4.68. The minimum absolute atomic E-state index is 0.116. The first kappa shape index (κ1) is 16.5. The van der Waals surface area contributed by atoms with Gasteiger partial charge in [0.25, 0.3) is 0 Å². The van der Waals surface area contributed by atoms with Gasteiger partial charge in [0.05, 0.1) is 6.10 Å². The van der Waals surface area contributed by atoms with E-state index in [-0.39, 0.29) is 6.10 Å². The molecule has 0 spiro atoms. The summed E-state index contributed by atoms with van der Waals surface area (Å²) in [5.41, 5.74) is 4.50. The summed E-state index contributed by atoms with van der Waals surface area (Å²) in [5, 5.41) is 11.1. The predicted octanol–water partition coefficient (Wildman–Crippen LogP) is 0.188. The lowest BCUT2D eigenvalue weighted by molar-refractivity contribution is 0.191. The fraction of sp³-hybridized carbons (Fsp3) is 1.00. The smallest absolute Gasteiger partial charge is 0.0509 e. The van der Waals surface area contributed by atoms with E-state index in [1.54, 1.807) is 6.92 Å². The monoisotopic (exact) mass is 150 g/mol. The third kappa shape index (κ3) is 106. The van der Waals surface area contributed by atoms with Gasteiger partial charge in [-0.15, -0.1) is 0 Å². The number of hydrogen-bond donors (Lipinski definition) is 3. The highest BCUT2D eigenvalue weighted by Gasteiger charge is 1.81. The zero-order valence-corrected chi connectivity index (χ0v) is 7.81. The van der Waals surface area contributed by atoms with Crippen LogP contribution in [0.25, 0.3) is 0 Å². The van der Waals surface area contributed by atoms with Gasteiger partial charge in [-0.2, -0.15) is 0 Å². The number of rotatable bonds is 1. The number of aliphatic hydroxyl groups excluding tert-OH is 1. The lowest BCUT2D eigenvalue weighted by atomic mass is 10.3. The maximum Gasteiger partial charge on any atom is 0.0509 e. The van der Waals surface area contributed by atoms with E-state index in [1.807, 2.05) is 21.0 Å². The Kier molecular flexibility index (Phi) is 38.1. The molecule has 0 heterocycles. The third-order valence-corrected chi connectivity index (χ3v) is 0.591. The van der Waals surface area contributed by atoms with Crippen LogP contribution in [0.3, 0.4) is 0 Å². The summed E-state index contributed by atoms with van der Waals surface area (Å²) in [5.74, 6) is 0. The molecule has 1 unspecified atom stereocenters. The first-order valence-electron chi connectivity index (χ1n) is 3.53. The summed E-state index contributed by atoms with van der Waals surface area (Å²) >= 11 is 0. The molecule has 0 saturated carbocycles. The van der Waals surface area contributed by atoms with E-state index in [4.69, 9.17) is 5.11 Å². The third-order valence-electron chi connectivity index (χ3n) is 0.591. The van der Waals surface area contributed by atoms with E-state index in [2.05, 4.69) is 11.1 Å². The maximum atomic E-state index is 8.36. The van der Waals surface area contributed by atoms with Crippen molar-refractivity contribution in [2.45, 2.75) is 26.4 Å². The van der Waals surface area contributed by atoms with Crippen LogP contribution in [0, 0.1) is 0 Å². The highest BCUT2D eigenvalue weighted by Crippen LogP contribution is 1.81. The summed E-state index contributed by atoms with van der Waals surface area (Å²) in [6, 6.07) is 0. The zero-order chi connectivity index (χ0) is 8.99. The van der Waals surface area contributed by atoms with Crippen LogP contribution >= 0.6 is 0 Å². The van der Waals surface area contributed by atoms with Crippen LogP contribution in [-0.2, 0) is 0 Å². The molecule has 3 nitrogen and oxygen atoms in total. The van der Waals surface area contributed by atoms with Crippen molar-refractivity contribution in [3.8, 4) is 0 Å². The molecular formula is C7H22N2O. The summed E-state index contributed by atoms with van der Waals surface area (Å²) in [4.78, 5) is 0. The molecule has 4 N–H and O–H groups in total. The van der Waals surface area contributed by atoms with Gasteiger partial charge >= 0.3 is 0 Å². The van der Waals surface area contributed by atoms with Crippen molar-refractivity contribution >= 4 is 0 Å². The molecular weight excluding hydrogens is 128 g/mol. The molecule has 3 heteroatoms. The first-order valence-corrected chi connectivity index (χ1v) is 3.53. The van der Waals surface area contributed by atoms with Crippen LogP contribution in [0.15, 0.2) is 0 Å². The Balaban J connectivity index is -0.0000000847. The number of nitrogens with two attached hydrogens (primary N) is 1. The van der Waals surface area contributed by atoms with Crippen molar-refractivity contribution in [3.63, 3.8) is 0 Å². The van der Waals surface area contributed by atoms with Crippen LogP contribution in [0.4, 0.5) is 0 Å². The molecule has 0 bridgehead atoms. The Bertz CT molecular complexity index is 32.8. The van der Waals surface area contributed by atoms with E-state index in [1.165, 1.54) is 7.05 Å². The fourth-order valence-electron chi connectivity index (χ4n) is 0. The van der Waals surface area contributed by atoms with Gasteiger partial charge in [-0.25, -0.2) is 0 Å². The van der Waals surface area contributed by atoms with Crippen LogP contribution < -0.4 is 11.1 Å². The number of aliphatic hydroxyl groups is 1. The molecule has 0 aromatic carbocycles. The molecule has 1 atom stereocenters. The molecule has 0 radical (unpaired) electrons. The lowest BCUT2D eigenvalue weighted by Gasteiger charge is -1.90. The van der Waals surface area contributed by atoms with Gasteiger partial charge in [-0.3, -0.25) is 0 Å². The van der Waals surface area contributed by atoms with Gasteiger partial charge in [-0.1, -0.05) is 6.92 Å². The second-order valence-electron chi connectivity index (χ2n) is 1.76. The molecule has 0 fully saturated rings. The van der Waals surface area contributed by atoms with Crippen molar-refractivity contribution < 1.29 is 5.11 Å². The summed E-state index contributed by atoms with van der Waals surface area (Å²) in [6.45, 7) is 3.73. The SMILES string of the molecule is CCC(C)O.CN.CNC. The van der Waals surface area contributed by atoms with E-state index >= 15 is 0 Å². The molecule has 0 aliphatic heterocycles. The summed E-state index contributed by atoms with van der Waals surface area (Å²) in [6.07, 6.45) is 0.745. The Morgan fingerprint density at radius 2 is 1.50 bits per heavy atom. The Labute approximate surface area is 64.6 Å². The van der Waals surface area contributed by atoms with Gasteiger partial charge in [0.15, 0.2) is 0 Å². The van der Waals surface area contributed by atoms with E-state index < -0.39 is 0 Å². The standard InChI is InChI=1S/C4H10O.C2H7N.CH5N/c1-3-4(2)5;1-3-2;1-2/h4-5H,3H2,1-2H3;3H,1-2H3;2H2,1H3. The van der Waals surface area contributed by atoms with Gasteiger partial charge < -0.3 is 16.2 Å². The molecule has 0 saturated heterocycles. The van der Waals surface area contributed by atoms with Crippen molar-refractivity contribution in [1.29, 1.82) is 0 Å². The molecule has 66 valence electrons. The molecule has 0 rings (SSSR count). The minimum Gasteiger partial charge on any atom is -0.393 e. The molecule has 10 heavy (non-hydrogen) atoms. The quantitative estimate of drug-likeness (QED) is 0.500. The lowest BCUT2D eigenvalue weighted by Crippen LogP contribution is -1.93. The fourth-order valence-corrected chi connectivity index (χ4v) is 0. The summed E-state index contributed by atoms with van der Waals surface area (Å²) in [7, 11) is 5.25. The number of nitrogens with one attached hydrogen (secondary N) is 1. The van der Waals surface area contributed by atoms with Gasteiger partial charge in [0, 0.05) is 0 Å². The highest BCUT2D eigenvalue weighted by molar-refractivity contribution is 4.34. The number of hydrogen-bond acceptors (Lipinski definition) is 3. The van der Waals surface area contributed by atoms with Crippen molar-refractivity contribution in [2.24, 2.45) is 5.73 Å². The second-order valence-corrected chi connectivity index (χ2v) is 1.76. The largest absolute Gasteiger partial charge is 0.393 e. The van der Waals surface area contributed by atoms with Crippen molar-refractivity contribution in [2.75, 3.05) is 21.1 Å². The highest BCUT2D eigenvalue weighted by atomic mass is 16.3. The van der Waals surface area contributed by atoms with Crippen molar-refractivity contribution in [3.05, 3.63) is 0 Å². The Morgan fingerprint density at radius 1 is 1.40 bits per heavy atom. The molecule has 0 aliphatic carbocycles.